The van der Waals surface area contributed by atoms with Gasteiger partial charge in [-0.15, -0.1) is 0 Å². The van der Waals surface area contributed by atoms with Crippen LogP contribution in [0, 0.1) is 13.8 Å². The summed E-state index contributed by atoms with van der Waals surface area (Å²) < 4.78 is 1.88. The van der Waals surface area contributed by atoms with Gasteiger partial charge in [0.15, 0.2) is 17.4 Å². The van der Waals surface area contributed by atoms with Gasteiger partial charge in [0.1, 0.15) is 0 Å². The number of nitrogens with zero attached hydrogens (tertiary/aromatic N) is 1. The molecule has 1 aromatic carbocycles. The summed E-state index contributed by atoms with van der Waals surface area (Å²) in [6.07, 6.45) is 6.04. The second kappa shape index (κ2) is 6.59. The lowest BCUT2D eigenvalue weighted by atomic mass is 9.99. The summed E-state index contributed by atoms with van der Waals surface area (Å²) in [6, 6.07) is 11.5. The van der Waals surface area contributed by atoms with Crippen molar-refractivity contribution in [2.45, 2.75) is 38.8 Å². The van der Waals surface area contributed by atoms with E-state index in [0.717, 1.165) is 18.4 Å². The predicted molar refractivity (Wildman–Crippen MR) is 94.7 cm³/mol. The molecule has 1 saturated carbocycles. The first-order chi connectivity index (χ1) is 11.1. The van der Waals surface area contributed by atoms with Crippen LogP contribution in [0.1, 0.15) is 40.4 Å². The largest absolute Gasteiger partial charge is 0.371 e. The Balaban J connectivity index is 1.94. The van der Waals surface area contributed by atoms with Crippen molar-refractivity contribution in [2.75, 3.05) is 0 Å². The molecule has 0 spiro atoms. The summed E-state index contributed by atoms with van der Waals surface area (Å²) in [6.45, 7) is 4.07. The molecule has 3 nitrogen and oxygen atoms in total. The minimum absolute atomic E-state index is 0.0300. The number of ketones is 1. The molecular weight excluding hydrogens is 304 g/mol. The zero-order chi connectivity index (χ0) is 16.4. The Morgan fingerprint density at radius 1 is 1.17 bits per heavy atom. The molecule has 0 saturated heterocycles. The summed E-state index contributed by atoms with van der Waals surface area (Å²) in [7, 11) is 0. The predicted octanol–water partition coefficient (Wildman–Crippen LogP) is 3.09. The number of carbonyl (C=O) groups is 1. The highest BCUT2D eigenvalue weighted by atomic mass is 32.1. The maximum Gasteiger partial charge on any atom is 0.270 e. The van der Waals surface area contributed by atoms with Gasteiger partial charge in [-0.25, -0.2) is 0 Å². The molecular formula is C19H21N2OS+. The molecule has 1 aromatic heterocycles. The molecule has 0 unspecified atom stereocenters. The third-order valence-electron chi connectivity index (χ3n) is 4.25. The van der Waals surface area contributed by atoms with Crippen LogP contribution in [0.4, 0.5) is 0 Å². The molecule has 0 bridgehead atoms. The van der Waals surface area contributed by atoms with Crippen LogP contribution in [-0.4, -0.2) is 16.8 Å². The minimum atomic E-state index is -0.492. The number of nitrogens with one attached hydrogen (secondary N) is 1. The van der Waals surface area contributed by atoms with E-state index >= 15 is 0 Å². The van der Waals surface area contributed by atoms with E-state index in [4.69, 9.17) is 12.2 Å². The van der Waals surface area contributed by atoms with Crippen molar-refractivity contribution in [3.63, 3.8) is 0 Å². The number of Topliss-reactive ketones (excluding diaryl/α,β-unsaturated/α-hetero) is 1. The second-order valence-electron chi connectivity index (χ2n) is 6.17. The van der Waals surface area contributed by atoms with Crippen molar-refractivity contribution in [2.24, 2.45) is 0 Å². The molecule has 3 rings (SSSR count). The Labute approximate surface area is 142 Å². The van der Waals surface area contributed by atoms with Gasteiger partial charge in [0.05, 0.1) is 0 Å². The van der Waals surface area contributed by atoms with E-state index in [1.54, 1.807) is 0 Å². The molecule has 2 aromatic rings. The minimum Gasteiger partial charge on any atom is -0.371 e. The number of carbonyl (C=O) groups excluding carboxylic acids is 1. The quantitative estimate of drug-likeness (QED) is 0.521. The van der Waals surface area contributed by atoms with Gasteiger partial charge in [-0.1, -0.05) is 30.4 Å². The SMILES string of the molecule is Cc1ccc(C(=O)[C@H](C(=S)NC2CC2)[n+]2ccccc2)cc1C. The van der Waals surface area contributed by atoms with Gasteiger partial charge in [0.2, 0.25) is 5.78 Å². The van der Waals surface area contributed by atoms with Crippen molar-refractivity contribution in [3.8, 4) is 0 Å². The van der Waals surface area contributed by atoms with Crippen molar-refractivity contribution < 1.29 is 9.36 Å². The van der Waals surface area contributed by atoms with E-state index in [2.05, 4.69) is 5.32 Å². The van der Waals surface area contributed by atoms with E-state index in [9.17, 15) is 4.79 Å². The molecule has 118 valence electrons. The van der Waals surface area contributed by atoms with E-state index in [1.807, 2.05) is 67.2 Å². The normalized spacial score (nSPS) is 15.0. The van der Waals surface area contributed by atoms with Crippen LogP contribution in [-0.2, 0) is 0 Å². The maximum absolute atomic E-state index is 13.1. The highest BCUT2D eigenvalue weighted by Crippen LogP contribution is 2.21. The summed E-state index contributed by atoms with van der Waals surface area (Å²) in [4.78, 5) is 13.7. The maximum atomic E-state index is 13.1. The van der Waals surface area contributed by atoms with Crippen LogP contribution in [0.25, 0.3) is 0 Å². The zero-order valence-electron chi connectivity index (χ0n) is 13.5. The molecule has 4 heteroatoms. The Morgan fingerprint density at radius 2 is 1.87 bits per heavy atom. The van der Waals surface area contributed by atoms with Crippen molar-refractivity contribution >= 4 is 23.0 Å². The van der Waals surface area contributed by atoms with Crippen LogP contribution >= 0.6 is 12.2 Å². The average molecular weight is 325 g/mol. The highest BCUT2D eigenvalue weighted by Gasteiger charge is 2.35. The lowest BCUT2D eigenvalue weighted by Crippen LogP contribution is -2.51. The molecule has 0 aliphatic heterocycles. The smallest absolute Gasteiger partial charge is 0.270 e. The van der Waals surface area contributed by atoms with Crippen molar-refractivity contribution in [1.29, 1.82) is 0 Å². The van der Waals surface area contributed by atoms with Crippen LogP contribution in [0.3, 0.4) is 0 Å². The number of pyridine rings is 1. The standard InChI is InChI=1S/C19H20N2OS/c1-13-6-7-15(12-14(13)2)18(22)17(19(23)20-16-8-9-16)21-10-4-3-5-11-21/h3-7,10-12,16-17H,8-9H2,1-2H3/p+1/t17-/m1/s1. The molecule has 1 aliphatic rings. The molecule has 1 aliphatic carbocycles. The lowest BCUT2D eigenvalue weighted by Gasteiger charge is -2.15. The van der Waals surface area contributed by atoms with Crippen molar-refractivity contribution in [3.05, 3.63) is 65.5 Å². The molecule has 1 heterocycles. The first-order valence-corrected chi connectivity index (χ1v) is 8.34. The number of benzene rings is 1. The first-order valence-electron chi connectivity index (χ1n) is 7.94. The fourth-order valence-corrected chi connectivity index (χ4v) is 2.93. The van der Waals surface area contributed by atoms with Crippen LogP contribution < -0.4 is 9.88 Å². The number of aryl methyl sites for hydroxylation is 2. The Morgan fingerprint density at radius 3 is 2.48 bits per heavy atom. The van der Waals surface area contributed by atoms with Crippen LogP contribution in [0.5, 0.6) is 0 Å². The second-order valence-corrected chi connectivity index (χ2v) is 6.61. The van der Waals surface area contributed by atoms with Gasteiger partial charge in [-0.2, -0.15) is 4.57 Å². The molecule has 1 N–H and O–H groups in total. The number of hydrogen-bond acceptors (Lipinski definition) is 2. The van der Waals surface area contributed by atoms with Crippen molar-refractivity contribution in [1.82, 2.24) is 5.32 Å². The van der Waals surface area contributed by atoms with E-state index in [0.29, 0.717) is 16.6 Å². The fourth-order valence-electron chi connectivity index (χ4n) is 2.53. The van der Waals surface area contributed by atoms with Gasteiger partial charge in [-0.3, -0.25) is 4.79 Å². The van der Waals surface area contributed by atoms with Gasteiger partial charge in [0.25, 0.3) is 6.04 Å². The van der Waals surface area contributed by atoms with Gasteiger partial charge >= 0.3 is 0 Å². The average Bonchev–Trinajstić information content (AvgIpc) is 3.35. The lowest BCUT2D eigenvalue weighted by molar-refractivity contribution is -0.692. The van der Waals surface area contributed by atoms with E-state index in [-0.39, 0.29) is 5.78 Å². The third kappa shape index (κ3) is 3.64. The molecule has 1 atom stereocenters. The van der Waals surface area contributed by atoms with Gasteiger partial charge in [-0.05, 0) is 43.9 Å². The Bertz CT molecular complexity index is 738. The number of thiocarbonyl (C=S) groups is 1. The monoisotopic (exact) mass is 325 g/mol. The third-order valence-corrected chi connectivity index (χ3v) is 4.59. The number of hydrogen-bond donors (Lipinski definition) is 1. The Hall–Kier alpha value is -2.07. The fraction of sp³-hybridized carbons (Fsp3) is 0.316. The first kappa shape index (κ1) is 15.8. The summed E-state index contributed by atoms with van der Waals surface area (Å²) in [5.41, 5.74) is 3.01. The van der Waals surface area contributed by atoms with Gasteiger partial charge < -0.3 is 5.32 Å². The number of rotatable bonds is 5. The molecule has 0 radical (unpaired) electrons. The Kier molecular flexibility index (Phi) is 4.53. The summed E-state index contributed by atoms with van der Waals surface area (Å²) in [5.74, 6) is 0.0300. The van der Waals surface area contributed by atoms with E-state index < -0.39 is 6.04 Å². The summed E-state index contributed by atoms with van der Waals surface area (Å²) in [5, 5.41) is 3.32. The van der Waals surface area contributed by atoms with Crippen LogP contribution in [0.2, 0.25) is 0 Å². The summed E-state index contributed by atoms with van der Waals surface area (Å²) >= 11 is 5.56. The zero-order valence-corrected chi connectivity index (χ0v) is 14.3. The van der Waals surface area contributed by atoms with Gasteiger partial charge in [0, 0.05) is 23.7 Å². The molecule has 0 amide bonds. The number of aromatic nitrogens is 1. The van der Waals surface area contributed by atoms with Crippen LogP contribution in [0.15, 0.2) is 48.8 Å². The highest BCUT2D eigenvalue weighted by molar-refractivity contribution is 7.80. The topological polar surface area (TPSA) is 33.0 Å². The van der Waals surface area contributed by atoms with E-state index in [1.165, 1.54) is 5.56 Å². The molecule has 1 fully saturated rings. The molecule has 23 heavy (non-hydrogen) atoms.